The number of rotatable bonds is 0. The smallest absolute Gasteiger partial charge is 0.205 e. The average Bonchev–Trinajstić information content (AvgIpc) is 2.29. The molecule has 3 nitrogen and oxygen atoms in total. The molecule has 2 rings (SSSR count). The van der Waals surface area contributed by atoms with Gasteiger partial charge in [-0.25, -0.2) is 0 Å². The van der Waals surface area contributed by atoms with Crippen LogP contribution in [0.4, 0.5) is 0 Å². The van der Waals surface area contributed by atoms with Crippen LogP contribution in [0.1, 0.15) is 11.1 Å². The van der Waals surface area contributed by atoms with Gasteiger partial charge in [0, 0.05) is 5.39 Å². The van der Waals surface area contributed by atoms with Crippen molar-refractivity contribution in [3.63, 3.8) is 0 Å². The first-order valence-corrected chi connectivity index (χ1v) is 4.31. The highest BCUT2D eigenvalue weighted by atomic mass is 16.3. The van der Waals surface area contributed by atoms with E-state index < -0.39 is 0 Å². The Morgan fingerprint density at radius 1 is 1.07 bits per heavy atom. The van der Waals surface area contributed by atoms with E-state index in [1.54, 1.807) is 36.4 Å². The van der Waals surface area contributed by atoms with Gasteiger partial charge in [0.05, 0.1) is 5.56 Å². The molecule has 0 unspecified atom stereocenters. The Hall–Kier alpha value is -2.52. The maximum atomic E-state index is 11.8. The Labute approximate surface area is 86.4 Å². The van der Waals surface area contributed by atoms with Gasteiger partial charge >= 0.3 is 0 Å². The Balaban J connectivity index is 2.97. The normalized spacial score (nSPS) is 9.47. The van der Waals surface area contributed by atoms with E-state index in [4.69, 9.17) is 10.5 Å². The molecule has 0 aliphatic rings. The van der Waals surface area contributed by atoms with Crippen LogP contribution in [-0.4, -0.2) is 0 Å². The van der Waals surface area contributed by atoms with Crippen LogP contribution in [0, 0.1) is 22.7 Å². The van der Waals surface area contributed by atoms with Gasteiger partial charge in [-0.2, -0.15) is 10.5 Å². The van der Waals surface area contributed by atoms with Crippen molar-refractivity contribution < 1.29 is 5.11 Å². The van der Waals surface area contributed by atoms with Crippen molar-refractivity contribution in [3.8, 4) is 17.9 Å². The number of nitrogens with zero attached hydrogens (tertiary/aromatic N) is 2. The zero-order chi connectivity index (χ0) is 10.8. The fourth-order valence-corrected chi connectivity index (χ4v) is 1.51. The number of benzene rings is 2. The van der Waals surface area contributed by atoms with Crippen molar-refractivity contribution in [1.29, 1.82) is 10.5 Å². The van der Waals surface area contributed by atoms with Crippen LogP contribution < -0.4 is 0 Å². The Kier molecular flexibility index (Phi) is 2.00. The molecule has 3 heteroatoms. The van der Waals surface area contributed by atoms with Gasteiger partial charge in [0.1, 0.15) is 17.7 Å². The van der Waals surface area contributed by atoms with Crippen molar-refractivity contribution in [2.24, 2.45) is 0 Å². The minimum absolute atomic E-state index is 0.0730. The summed E-state index contributed by atoms with van der Waals surface area (Å²) in [6, 6.07) is 12.1. The predicted molar refractivity (Wildman–Crippen MR) is 53.5 cm³/mol. The maximum Gasteiger partial charge on any atom is 0.205 e. The summed E-state index contributed by atoms with van der Waals surface area (Å²) in [4.78, 5) is 0. The summed E-state index contributed by atoms with van der Waals surface area (Å²) in [5.41, 5.74) is 0.0670. The Morgan fingerprint density at radius 3 is 2.47 bits per heavy atom. The number of fused-ring (bicyclic) bond motifs is 1. The van der Waals surface area contributed by atoms with Crippen molar-refractivity contribution in [1.82, 2.24) is 0 Å². The van der Waals surface area contributed by atoms with E-state index in [1.165, 1.54) is 0 Å². The summed E-state index contributed by atoms with van der Waals surface area (Å²) in [5, 5.41) is 30.5. The highest BCUT2D eigenvalue weighted by Crippen LogP contribution is 2.31. The lowest BCUT2D eigenvalue weighted by Crippen LogP contribution is -1.85. The highest BCUT2D eigenvalue weighted by Gasteiger charge is 2.13. The van der Waals surface area contributed by atoms with E-state index in [-0.39, 0.29) is 16.9 Å². The van der Waals surface area contributed by atoms with Crippen LogP contribution >= 0.6 is 0 Å². The molecule has 2 aromatic carbocycles. The van der Waals surface area contributed by atoms with Crippen LogP contribution in [0.15, 0.2) is 30.3 Å². The summed E-state index contributed by atoms with van der Waals surface area (Å²) < 4.78 is 0. The van der Waals surface area contributed by atoms with Crippen molar-refractivity contribution in [2.45, 2.75) is 0 Å². The van der Waals surface area contributed by atoms with Crippen molar-refractivity contribution in [3.05, 3.63) is 41.5 Å². The van der Waals surface area contributed by atoms with Crippen LogP contribution in [0.3, 0.4) is 0 Å². The third-order valence-electron chi connectivity index (χ3n) is 2.23. The maximum absolute atomic E-state index is 11.8. The Bertz CT molecular complexity index is 618. The number of nitriles is 2. The van der Waals surface area contributed by atoms with Gasteiger partial charge in [-0.15, -0.1) is 0 Å². The Morgan fingerprint density at radius 2 is 1.80 bits per heavy atom. The molecule has 0 aliphatic heterocycles. The molecule has 15 heavy (non-hydrogen) atoms. The molecule has 0 amide bonds. The molecule has 0 fully saturated rings. The molecule has 0 bridgehead atoms. The molecule has 2 aromatic rings. The predicted octanol–water partition coefficient (Wildman–Crippen LogP) is 2.73. The molecule has 0 saturated carbocycles. The molecular formula is C12H5N2O. The molecule has 0 atom stereocenters. The standard InChI is InChI=1S/C12H5N2O/c13-6-9-5-8-3-1-2-4-10(8)12(15)11(9)7-14/h1-5H. The minimum Gasteiger partial charge on any atom is -0.288 e. The van der Waals surface area contributed by atoms with E-state index in [9.17, 15) is 5.11 Å². The zero-order valence-corrected chi connectivity index (χ0v) is 7.69. The monoisotopic (exact) mass is 193 g/mol. The zero-order valence-electron chi connectivity index (χ0n) is 7.69. The summed E-state index contributed by atoms with van der Waals surface area (Å²) in [6.07, 6.45) is 0. The van der Waals surface area contributed by atoms with E-state index in [2.05, 4.69) is 0 Å². The van der Waals surface area contributed by atoms with Crippen molar-refractivity contribution >= 4 is 10.8 Å². The molecule has 0 aromatic heterocycles. The van der Waals surface area contributed by atoms with Gasteiger partial charge in [-0.1, -0.05) is 24.3 Å². The first-order chi connectivity index (χ1) is 7.27. The molecule has 0 aliphatic carbocycles. The topological polar surface area (TPSA) is 67.5 Å². The number of hydrogen-bond donors (Lipinski definition) is 0. The summed E-state index contributed by atoms with van der Waals surface area (Å²) in [5.74, 6) is -0.368. The van der Waals surface area contributed by atoms with Gasteiger partial charge in [-0.3, -0.25) is 5.11 Å². The van der Waals surface area contributed by atoms with Crippen LogP contribution in [0.5, 0.6) is 5.75 Å². The van der Waals surface area contributed by atoms with Crippen LogP contribution in [0.25, 0.3) is 10.8 Å². The van der Waals surface area contributed by atoms with Gasteiger partial charge in [0.25, 0.3) is 0 Å². The summed E-state index contributed by atoms with van der Waals surface area (Å²) in [7, 11) is 0. The molecule has 0 spiro atoms. The molecule has 0 N–H and O–H groups in total. The first kappa shape index (κ1) is 9.05. The van der Waals surface area contributed by atoms with Gasteiger partial charge < -0.3 is 0 Å². The van der Waals surface area contributed by atoms with Gasteiger partial charge in [0.15, 0.2) is 0 Å². The van der Waals surface area contributed by atoms with Gasteiger partial charge in [-0.05, 0) is 11.5 Å². The largest absolute Gasteiger partial charge is 0.288 e. The summed E-state index contributed by atoms with van der Waals surface area (Å²) in [6.45, 7) is 0. The molecule has 1 radical (unpaired) electrons. The number of hydrogen-bond acceptors (Lipinski definition) is 2. The molecule has 69 valence electrons. The SMILES string of the molecule is N#Cc1cc2ccccc2c([O])c1C#N. The fourth-order valence-electron chi connectivity index (χ4n) is 1.51. The van der Waals surface area contributed by atoms with E-state index in [1.807, 2.05) is 6.07 Å². The molecule has 0 saturated heterocycles. The first-order valence-electron chi connectivity index (χ1n) is 4.31. The average molecular weight is 193 g/mol. The van der Waals surface area contributed by atoms with Gasteiger partial charge in [0.2, 0.25) is 5.75 Å². The molecule has 0 heterocycles. The van der Waals surface area contributed by atoms with E-state index in [0.717, 1.165) is 0 Å². The minimum atomic E-state index is -0.368. The lowest BCUT2D eigenvalue weighted by Gasteiger charge is -2.01. The summed E-state index contributed by atoms with van der Waals surface area (Å²) >= 11 is 0. The fraction of sp³-hybridized carbons (Fsp3) is 0. The lowest BCUT2D eigenvalue weighted by atomic mass is 10.0. The molecular weight excluding hydrogens is 188 g/mol. The van der Waals surface area contributed by atoms with Crippen molar-refractivity contribution in [2.75, 3.05) is 0 Å². The van der Waals surface area contributed by atoms with Crippen LogP contribution in [0.2, 0.25) is 0 Å². The third kappa shape index (κ3) is 1.27. The quantitative estimate of drug-likeness (QED) is 0.645. The highest BCUT2D eigenvalue weighted by molar-refractivity contribution is 5.91. The second-order valence-corrected chi connectivity index (χ2v) is 3.07. The third-order valence-corrected chi connectivity index (χ3v) is 2.23. The lowest BCUT2D eigenvalue weighted by molar-refractivity contribution is 0.359. The second-order valence-electron chi connectivity index (χ2n) is 3.07. The van der Waals surface area contributed by atoms with Crippen LogP contribution in [-0.2, 0) is 5.11 Å². The second kappa shape index (κ2) is 3.32. The van der Waals surface area contributed by atoms with E-state index in [0.29, 0.717) is 10.8 Å². The van der Waals surface area contributed by atoms with E-state index >= 15 is 0 Å².